The molecule has 0 N–H and O–H groups in total. The second kappa shape index (κ2) is 2.62. The van der Waals surface area contributed by atoms with Crippen LogP contribution in [0, 0.1) is 0 Å². The highest BCUT2D eigenvalue weighted by Gasteiger charge is 2.24. The predicted octanol–water partition coefficient (Wildman–Crippen LogP) is 1.79. The van der Waals surface area contributed by atoms with Gasteiger partial charge in [-0.05, 0) is 33.0 Å². The van der Waals surface area contributed by atoms with Gasteiger partial charge in [-0.25, -0.2) is 0 Å². The highest BCUT2D eigenvalue weighted by atomic mass is 32.1. The standard InChI is InChI=1S/C6H11N3S/c1-4(2)9-5(3)7-8-6(9)10/h4-5H,1-3H3. The fourth-order valence-corrected chi connectivity index (χ4v) is 1.46. The van der Waals surface area contributed by atoms with Crippen LogP contribution in [0.3, 0.4) is 0 Å². The van der Waals surface area contributed by atoms with Crippen molar-refractivity contribution in [2.24, 2.45) is 10.2 Å². The summed E-state index contributed by atoms with van der Waals surface area (Å²) in [6, 6.07) is 0.400. The van der Waals surface area contributed by atoms with Crippen LogP contribution in [-0.4, -0.2) is 22.2 Å². The molecular weight excluding hydrogens is 146 g/mol. The fraction of sp³-hybridized carbons (Fsp3) is 0.833. The predicted molar refractivity (Wildman–Crippen MR) is 43.9 cm³/mol. The van der Waals surface area contributed by atoms with Gasteiger partial charge in [0.15, 0.2) is 0 Å². The first-order valence-electron chi connectivity index (χ1n) is 3.36. The zero-order valence-corrected chi connectivity index (χ0v) is 7.22. The largest absolute Gasteiger partial charge is 0.320 e. The van der Waals surface area contributed by atoms with E-state index in [9.17, 15) is 0 Å². The lowest BCUT2D eigenvalue weighted by Crippen LogP contribution is -2.36. The zero-order chi connectivity index (χ0) is 7.72. The molecule has 0 bridgehead atoms. The van der Waals surface area contributed by atoms with E-state index >= 15 is 0 Å². The van der Waals surface area contributed by atoms with E-state index in [0.717, 1.165) is 0 Å². The van der Waals surface area contributed by atoms with Crippen molar-refractivity contribution in [1.82, 2.24) is 4.90 Å². The lowest BCUT2D eigenvalue weighted by Gasteiger charge is -2.23. The quantitative estimate of drug-likeness (QED) is 0.543. The van der Waals surface area contributed by atoms with E-state index in [1.807, 2.05) is 11.8 Å². The monoisotopic (exact) mass is 157 g/mol. The van der Waals surface area contributed by atoms with Crippen LogP contribution in [0.4, 0.5) is 0 Å². The fourth-order valence-electron chi connectivity index (χ4n) is 1.05. The lowest BCUT2D eigenvalue weighted by molar-refractivity contribution is 0.303. The minimum atomic E-state index is 0.132. The van der Waals surface area contributed by atoms with Crippen molar-refractivity contribution in [3.05, 3.63) is 0 Å². The van der Waals surface area contributed by atoms with Crippen molar-refractivity contribution >= 4 is 17.3 Å². The maximum atomic E-state index is 4.96. The molecule has 0 aromatic heterocycles. The summed E-state index contributed by atoms with van der Waals surface area (Å²) < 4.78 is 0. The molecule has 0 aromatic carbocycles. The Morgan fingerprint density at radius 2 is 2.20 bits per heavy atom. The van der Waals surface area contributed by atoms with Gasteiger partial charge in [0, 0.05) is 6.04 Å². The molecule has 1 rings (SSSR count). The van der Waals surface area contributed by atoms with Crippen LogP contribution in [0.2, 0.25) is 0 Å². The van der Waals surface area contributed by atoms with E-state index in [-0.39, 0.29) is 6.17 Å². The summed E-state index contributed by atoms with van der Waals surface area (Å²) in [6.07, 6.45) is 0.132. The second-order valence-corrected chi connectivity index (χ2v) is 3.00. The number of thiocarbonyl (C=S) groups is 1. The molecule has 1 aliphatic heterocycles. The van der Waals surface area contributed by atoms with Crippen molar-refractivity contribution in [2.75, 3.05) is 0 Å². The van der Waals surface area contributed by atoms with Crippen molar-refractivity contribution in [3.8, 4) is 0 Å². The average molecular weight is 157 g/mol. The summed E-state index contributed by atoms with van der Waals surface area (Å²) in [5.41, 5.74) is 0. The van der Waals surface area contributed by atoms with Crippen LogP contribution in [0.1, 0.15) is 20.8 Å². The van der Waals surface area contributed by atoms with Gasteiger partial charge in [0.05, 0.1) is 0 Å². The third kappa shape index (κ3) is 1.16. The van der Waals surface area contributed by atoms with Crippen molar-refractivity contribution in [3.63, 3.8) is 0 Å². The molecule has 10 heavy (non-hydrogen) atoms. The SMILES string of the molecule is CC(C)N1C(=S)N=NC1C. The lowest BCUT2D eigenvalue weighted by atomic mass is 10.3. The molecule has 0 saturated heterocycles. The maximum Gasteiger partial charge on any atom is 0.218 e. The van der Waals surface area contributed by atoms with Gasteiger partial charge >= 0.3 is 0 Å². The van der Waals surface area contributed by atoms with Gasteiger partial charge in [-0.3, -0.25) is 0 Å². The van der Waals surface area contributed by atoms with Gasteiger partial charge < -0.3 is 4.90 Å². The Morgan fingerprint density at radius 1 is 1.60 bits per heavy atom. The minimum absolute atomic E-state index is 0.132. The number of azo groups is 1. The molecule has 0 aliphatic carbocycles. The summed E-state index contributed by atoms with van der Waals surface area (Å²) in [5.74, 6) is 0. The number of hydrogen-bond acceptors (Lipinski definition) is 2. The van der Waals surface area contributed by atoms with Gasteiger partial charge in [0.1, 0.15) is 6.17 Å². The molecule has 4 heteroatoms. The van der Waals surface area contributed by atoms with Crippen LogP contribution in [0.15, 0.2) is 10.2 Å². The average Bonchev–Trinajstić information content (AvgIpc) is 2.11. The smallest absolute Gasteiger partial charge is 0.218 e. The molecule has 0 amide bonds. The Morgan fingerprint density at radius 3 is 2.40 bits per heavy atom. The van der Waals surface area contributed by atoms with Crippen LogP contribution >= 0.6 is 12.2 Å². The molecular formula is C6H11N3S. The van der Waals surface area contributed by atoms with E-state index in [1.54, 1.807) is 0 Å². The molecule has 1 aliphatic rings. The van der Waals surface area contributed by atoms with Crippen LogP contribution in [0.5, 0.6) is 0 Å². The summed E-state index contributed by atoms with van der Waals surface area (Å²) >= 11 is 4.96. The Kier molecular flexibility index (Phi) is 1.99. The Balaban J connectivity index is 2.69. The molecule has 0 fully saturated rings. The Bertz CT molecular complexity index is 176. The molecule has 0 aromatic rings. The van der Waals surface area contributed by atoms with Crippen molar-refractivity contribution in [2.45, 2.75) is 33.0 Å². The topological polar surface area (TPSA) is 28.0 Å². The van der Waals surface area contributed by atoms with E-state index in [4.69, 9.17) is 12.2 Å². The number of nitrogens with zero attached hydrogens (tertiary/aromatic N) is 3. The van der Waals surface area contributed by atoms with E-state index < -0.39 is 0 Å². The maximum absolute atomic E-state index is 4.96. The number of rotatable bonds is 1. The highest BCUT2D eigenvalue weighted by molar-refractivity contribution is 7.80. The molecule has 56 valence electrons. The van der Waals surface area contributed by atoms with Crippen molar-refractivity contribution in [1.29, 1.82) is 0 Å². The van der Waals surface area contributed by atoms with Crippen molar-refractivity contribution < 1.29 is 0 Å². The Labute approximate surface area is 66.1 Å². The molecule has 1 atom stereocenters. The molecule has 1 unspecified atom stereocenters. The van der Waals surface area contributed by atoms with Crippen LogP contribution in [0.25, 0.3) is 0 Å². The molecule has 3 nitrogen and oxygen atoms in total. The summed E-state index contributed by atoms with van der Waals surface area (Å²) in [4.78, 5) is 2.01. The molecule has 0 radical (unpaired) electrons. The normalized spacial score (nSPS) is 25.0. The summed E-state index contributed by atoms with van der Waals surface area (Å²) in [5, 5.41) is 8.35. The summed E-state index contributed by atoms with van der Waals surface area (Å²) in [6.45, 7) is 6.15. The van der Waals surface area contributed by atoms with Gasteiger partial charge in [-0.1, -0.05) is 0 Å². The molecule has 1 heterocycles. The zero-order valence-electron chi connectivity index (χ0n) is 6.40. The highest BCUT2D eigenvalue weighted by Crippen LogP contribution is 2.15. The van der Waals surface area contributed by atoms with Crippen LogP contribution < -0.4 is 0 Å². The molecule has 0 spiro atoms. The van der Waals surface area contributed by atoms with Gasteiger partial charge in [-0.2, -0.15) is 5.11 Å². The van der Waals surface area contributed by atoms with Gasteiger partial charge in [-0.15, -0.1) is 5.11 Å². The van der Waals surface area contributed by atoms with Gasteiger partial charge in [0.2, 0.25) is 5.11 Å². The minimum Gasteiger partial charge on any atom is -0.320 e. The number of hydrogen-bond donors (Lipinski definition) is 0. The second-order valence-electron chi connectivity index (χ2n) is 2.63. The third-order valence-corrected chi connectivity index (χ3v) is 1.78. The first-order chi connectivity index (χ1) is 4.63. The van der Waals surface area contributed by atoms with E-state index in [0.29, 0.717) is 11.2 Å². The molecule has 0 saturated carbocycles. The Hall–Kier alpha value is -0.510. The first-order valence-corrected chi connectivity index (χ1v) is 3.77. The van der Waals surface area contributed by atoms with E-state index in [2.05, 4.69) is 24.1 Å². The first kappa shape index (κ1) is 7.60. The van der Waals surface area contributed by atoms with Crippen LogP contribution in [-0.2, 0) is 0 Å². The van der Waals surface area contributed by atoms with E-state index in [1.165, 1.54) is 0 Å². The summed E-state index contributed by atoms with van der Waals surface area (Å²) in [7, 11) is 0. The van der Waals surface area contributed by atoms with Gasteiger partial charge in [0.25, 0.3) is 0 Å². The third-order valence-electron chi connectivity index (χ3n) is 1.49.